The summed E-state index contributed by atoms with van der Waals surface area (Å²) in [4.78, 5) is 23.1. The molecule has 0 radical (unpaired) electrons. The summed E-state index contributed by atoms with van der Waals surface area (Å²) >= 11 is 12.8. The Kier molecular flexibility index (Phi) is 3.26. The Hall–Kier alpha value is -1.52. The van der Waals surface area contributed by atoms with Crippen molar-refractivity contribution in [3.05, 3.63) is 33.3 Å². The Balaban J connectivity index is 1.82. The Morgan fingerprint density at radius 1 is 1.39 bits per heavy atom. The minimum absolute atomic E-state index is 0.0101. The van der Waals surface area contributed by atoms with Crippen molar-refractivity contribution >= 4 is 40.5 Å². The molecule has 1 amide bonds. The molecule has 4 nitrogen and oxygen atoms in total. The summed E-state index contributed by atoms with van der Waals surface area (Å²) in [7, 11) is 0. The van der Waals surface area contributed by atoms with Crippen molar-refractivity contribution in [2.75, 3.05) is 6.61 Å². The predicted octanol–water partition coefficient (Wildman–Crippen LogP) is 3.17. The highest BCUT2D eigenvalue weighted by Gasteiger charge is 2.52. The van der Waals surface area contributed by atoms with E-state index in [9.17, 15) is 9.59 Å². The Morgan fingerprint density at radius 3 is 2.91 bits per heavy atom. The van der Waals surface area contributed by atoms with Crippen molar-refractivity contribution in [1.82, 2.24) is 0 Å². The summed E-state index contributed by atoms with van der Waals surface area (Å²) < 4.78 is 5.38. The zero-order valence-electron chi connectivity index (χ0n) is 12.3. The van der Waals surface area contributed by atoms with Crippen molar-refractivity contribution in [2.45, 2.75) is 25.7 Å². The third-order valence-electron chi connectivity index (χ3n) is 5.29. The van der Waals surface area contributed by atoms with Crippen LogP contribution in [0, 0.1) is 11.3 Å². The van der Waals surface area contributed by atoms with Gasteiger partial charge in [0, 0.05) is 16.9 Å². The molecule has 23 heavy (non-hydrogen) atoms. The van der Waals surface area contributed by atoms with Gasteiger partial charge in [-0.1, -0.05) is 23.2 Å². The largest absolute Gasteiger partial charge is 0.482 e. The van der Waals surface area contributed by atoms with Gasteiger partial charge in [-0.25, -0.2) is 0 Å². The van der Waals surface area contributed by atoms with Gasteiger partial charge in [-0.3, -0.25) is 9.59 Å². The molecule has 1 saturated carbocycles. The molecule has 2 unspecified atom stereocenters. The number of halogens is 2. The number of hydrogen-bond donors (Lipinski definition) is 1. The number of primary amides is 1. The van der Waals surface area contributed by atoms with E-state index in [0.717, 1.165) is 42.4 Å². The fourth-order valence-corrected chi connectivity index (χ4v) is 4.84. The van der Waals surface area contributed by atoms with Crippen molar-refractivity contribution in [2.24, 2.45) is 17.1 Å². The first-order valence-electron chi connectivity index (χ1n) is 7.60. The molecule has 2 bridgehead atoms. The van der Waals surface area contributed by atoms with E-state index < -0.39 is 5.91 Å². The smallest absolute Gasteiger partial charge is 0.255 e. The second-order valence-electron chi connectivity index (χ2n) is 6.65. The van der Waals surface area contributed by atoms with Crippen LogP contribution >= 0.6 is 23.2 Å². The van der Waals surface area contributed by atoms with E-state index in [-0.39, 0.29) is 28.7 Å². The fraction of sp³-hybridized carbons (Fsp3) is 0.412. The number of ketones is 1. The highest BCUT2D eigenvalue weighted by molar-refractivity contribution is 6.44. The maximum absolute atomic E-state index is 12.2. The topological polar surface area (TPSA) is 69.4 Å². The summed E-state index contributed by atoms with van der Waals surface area (Å²) in [5.41, 5.74) is 8.05. The van der Waals surface area contributed by atoms with Gasteiger partial charge < -0.3 is 10.5 Å². The maximum Gasteiger partial charge on any atom is 0.255 e. The van der Waals surface area contributed by atoms with E-state index in [1.807, 2.05) is 6.07 Å². The van der Waals surface area contributed by atoms with Gasteiger partial charge in [0.05, 0.1) is 5.02 Å². The number of nitrogens with two attached hydrogens (primary N) is 1. The molecule has 0 heterocycles. The van der Waals surface area contributed by atoms with Gasteiger partial charge in [-0.2, -0.15) is 0 Å². The van der Waals surface area contributed by atoms with E-state index in [1.54, 1.807) is 6.08 Å². The zero-order valence-corrected chi connectivity index (χ0v) is 13.8. The summed E-state index contributed by atoms with van der Waals surface area (Å²) in [6, 6.07) is 1.83. The van der Waals surface area contributed by atoms with Crippen molar-refractivity contribution in [1.29, 1.82) is 0 Å². The van der Waals surface area contributed by atoms with E-state index >= 15 is 0 Å². The number of fused-ring (bicyclic) bond motifs is 3. The van der Waals surface area contributed by atoms with Gasteiger partial charge in [0.2, 0.25) is 0 Å². The molecular formula is C17H15Cl2NO3. The molecule has 3 aliphatic carbocycles. The third kappa shape index (κ3) is 2.12. The lowest BCUT2D eigenvalue weighted by atomic mass is 9.74. The number of ether oxygens (including phenoxy) is 1. The lowest BCUT2D eigenvalue weighted by molar-refractivity contribution is -0.120. The molecule has 2 atom stereocenters. The first kappa shape index (κ1) is 15.0. The minimum atomic E-state index is -0.572. The van der Waals surface area contributed by atoms with Crippen LogP contribution in [0.3, 0.4) is 0 Å². The van der Waals surface area contributed by atoms with E-state index in [2.05, 4.69) is 0 Å². The average molecular weight is 352 g/mol. The van der Waals surface area contributed by atoms with Crippen LogP contribution < -0.4 is 10.5 Å². The first-order valence-corrected chi connectivity index (χ1v) is 8.35. The number of allylic oxidation sites excluding steroid dienone is 2. The predicted molar refractivity (Wildman–Crippen MR) is 87.6 cm³/mol. The number of carbonyl (C=O) groups excluding carboxylic acids is 2. The van der Waals surface area contributed by atoms with Gasteiger partial charge in [0.15, 0.2) is 12.4 Å². The molecule has 4 rings (SSSR count). The molecule has 1 aromatic rings. The molecule has 0 saturated heterocycles. The molecule has 0 aliphatic heterocycles. The van der Waals surface area contributed by atoms with Crippen LogP contribution in [-0.2, 0) is 16.0 Å². The SMILES string of the molecule is NC(=O)COc1cc2c(c(Cl)c1Cl)C1=CC(=O)C3CCC1(C2)C3. The van der Waals surface area contributed by atoms with Crippen molar-refractivity contribution in [3.63, 3.8) is 0 Å². The second kappa shape index (κ2) is 4.99. The van der Waals surface area contributed by atoms with Crippen LogP contribution in [0.25, 0.3) is 5.57 Å². The van der Waals surface area contributed by atoms with Crippen LogP contribution in [0.1, 0.15) is 30.4 Å². The number of carbonyl (C=O) groups is 2. The van der Waals surface area contributed by atoms with Crippen LogP contribution in [0.5, 0.6) is 5.75 Å². The third-order valence-corrected chi connectivity index (χ3v) is 6.14. The fourth-order valence-electron chi connectivity index (χ4n) is 4.32. The first-order chi connectivity index (χ1) is 10.9. The number of benzene rings is 1. The highest BCUT2D eigenvalue weighted by Crippen LogP contribution is 2.62. The van der Waals surface area contributed by atoms with Gasteiger partial charge in [-0.05, 0) is 49.0 Å². The van der Waals surface area contributed by atoms with Gasteiger partial charge in [0.1, 0.15) is 10.8 Å². The normalized spacial score (nSPS) is 27.5. The number of amides is 1. The van der Waals surface area contributed by atoms with Crippen molar-refractivity contribution in [3.8, 4) is 5.75 Å². The number of rotatable bonds is 3. The Labute approximate surface area is 143 Å². The van der Waals surface area contributed by atoms with Crippen LogP contribution in [-0.4, -0.2) is 18.3 Å². The molecule has 2 N–H and O–H groups in total. The zero-order chi connectivity index (χ0) is 16.4. The molecule has 0 aromatic heterocycles. The molecule has 120 valence electrons. The van der Waals surface area contributed by atoms with Gasteiger partial charge in [0.25, 0.3) is 5.91 Å². The van der Waals surface area contributed by atoms with E-state index in [4.69, 9.17) is 33.7 Å². The van der Waals surface area contributed by atoms with Crippen LogP contribution in [0.4, 0.5) is 0 Å². The summed E-state index contributed by atoms with van der Waals surface area (Å²) in [6.45, 7) is -0.247. The van der Waals surface area contributed by atoms with Crippen LogP contribution in [0.15, 0.2) is 12.1 Å². The quantitative estimate of drug-likeness (QED) is 0.909. The van der Waals surface area contributed by atoms with Gasteiger partial charge >= 0.3 is 0 Å². The Bertz CT molecular complexity index is 787. The van der Waals surface area contributed by atoms with Gasteiger partial charge in [-0.15, -0.1) is 0 Å². The maximum atomic E-state index is 12.2. The van der Waals surface area contributed by atoms with E-state index in [0.29, 0.717) is 10.8 Å². The number of hydrogen-bond acceptors (Lipinski definition) is 3. The second-order valence-corrected chi connectivity index (χ2v) is 7.40. The molecule has 3 aliphatic rings. The summed E-state index contributed by atoms with van der Waals surface area (Å²) in [6.07, 6.45) is 5.41. The monoisotopic (exact) mass is 351 g/mol. The van der Waals surface area contributed by atoms with Crippen molar-refractivity contribution < 1.29 is 14.3 Å². The highest BCUT2D eigenvalue weighted by atomic mass is 35.5. The van der Waals surface area contributed by atoms with E-state index in [1.165, 1.54) is 0 Å². The molecular weight excluding hydrogens is 337 g/mol. The van der Waals surface area contributed by atoms with Crippen LogP contribution in [0.2, 0.25) is 10.0 Å². The molecule has 1 fully saturated rings. The standard InChI is InChI=1S/C17H15Cl2NO3/c18-15-12(23-7-13(20)22)3-9-6-17-2-1-8(5-17)11(21)4-10(17)14(9)16(15)19/h3-4,8H,1-2,5-7H2,(H2,20,22). The average Bonchev–Trinajstić information content (AvgIpc) is 3.02. The summed E-state index contributed by atoms with van der Waals surface area (Å²) in [5, 5.41) is 0.655. The molecule has 6 heteroatoms. The molecule has 1 spiro atoms. The lowest BCUT2D eigenvalue weighted by Gasteiger charge is -2.29. The summed E-state index contributed by atoms with van der Waals surface area (Å²) in [5.74, 6) is 0.137. The lowest BCUT2D eigenvalue weighted by Crippen LogP contribution is -2.23. The molecule has 1 aromatic carbocycles. The minimum Gasteiger partial charge on any atom is -0.482 e. The Morgan fingerprint density at radius 2 is 2.17 bits per heavy atom.